The first kappa shape index (κ1) is 16.3. The summed E-state index contributed by atoms with van der Waals surface area (Å²) in [4.78, 5) is 0. The van der Waals surface area contributed by atoms with Gasteiger partial charge in [0.05, 0.1) is 27.5 Å². The number of rotatable bonds is 6. The van der Waals surface area contributed by atoms with Crippen LogP contribution in [0.3, 0.4) is 0 Å². The van der Waals surface area contributed by atoms with Crippen molar-refractivity contribution in [3.05, 3.63) is 51.3 Å². The number of nitrogens with one attached hydrogen (secondary N) is 1. The number of halogens is 2. The van der Waals surface area contributed by atoms with E-state index in [0.29, 0.717) is 10.0 Å². The Balaban J connectivity index is 2.53. The van der Waals surface area contributed by atoms with Gasteiger partial charge in [-0.1, -0.05) is 49.2 Å². The van der Waals surface area contributed by atoms with Crippen molar-refractivity contribution in [2.24, 2.45) is 0 Å². The SMILES string of the molecule is CCNC(c1cccc(Cl)c1Cl)c1cc(CC)nn1CC. The normalized spacial score (nSPS) is 12.6. The fourth-order valence-electron chi connectivity index (χ4n) is 2.47. The summed E-state index contributed by atoms with van der Waals surface area (Å²) in [7, 11) is 0. The van der Waals surface area contributed by atoms with Crippen molar-refractivity contribution in [2.75, 3.05) is 6.54 Å². The van der Waals surface area contributed by atoms with Gasteiger partial charge in [0.25, 0.3) is 0 Å². The van der Waals surface area contributed by atoms with Crippen LogP contribution in [0.25, 0.3) is 0 Å². The minimum atomic E-state index is -0.00560. The van der Waals surface area contributed by atoms with Crippen LogP contribution in [0.2, 0.25) is 10.0 Å². The molecule has 2 aromatic rings. The number of hydrogen-bond acceptors (Lipinski definition) is 2. The third-order valence-electron chi connectivity index (χ3n) is 3.52. The Kier molecular flexibility index (Phi) is 5.68. The zero-order valence-corrected chi connectivity index (χ0v) is 14.2. The van der Waals surface area contributed by atoms with E-state index in [2.05, 4.69) is 37.3 Å². The smallest absolute Gasteiger partial charge is 0.0763 e. The van der Waals surface area contributed by atoms with E-state index in [1.54, 1.807) is 0 Å². The monoisotopic (exact) mass is 325 g/mol. The van der Waals surface area contributed by atoms with E-state index in [4.69, 9.17) is 23.2 Å². The quantitative estimate of drug-likeness (QED) is 0.849. The highest BCUT2D eigenvalue weighted by Gasteiger charge is 2.21. The lowest BCUT2D eigenvalue weighted by Crippen LogP contribution is -2.25. The Morgan fingerprint density at radius 2 is 2.00 bits per heavy atom. The first-order chi connectivity index (χ1) is 10.1. The zero-order chi connectivity index (χ0) is 15.4. The summed E-state index contributed by atoms with van der Waals surface area (Å²) in [5, 5.41) is 9.30. The van der Waals surface area contributed by atoms with Crippen molar-refractivity contribution in [1.29, 1.82) is 0 Å². The molecule has 1 aromatic carbocycles. The van der Waals surface area contributed by atoms with E-state index in [-0.39, 0.29) is 6.04 Å². The third kappa shape index (κ3) is 3.42. The minimum absolute atomic E-state index is 0.00560. The van der Waals surface area contributed by atoms with Crippen molar-refractivity contribution < 1.29 is 0 Å². The predicted octanol–water partition coefficient (Wildman–Crippen LogP) is 4.47. The summed E-state index contributed by atoms with van der Waals surface area (Å²) in [5.74, 6) is 0. The lowest BCUT2D eigenvalue weighted by Gasteiger charge is -2.21. The average molecular weight is 326 g/mol. The largest absolute Gasteiger partial charge is 0.305 e. The van der Waals surface area contributed by atoms with Crippen LogP contribution in [0.5, 0.6) is 0 Å². The molecular weight excluding hydrogens is 305 g/mol. The van der Waals surface area contributed by atoms with Gasteiger partial charge in [0.1, 0.15) is 0 Å². The summed E-state index contributed by atoms with van der Waals surface area (Å²) in [6.45, 7) is 7.96. The van der Waals surface area contributed by atoms with Crippen molar-refractivity contribution in [2.45, 2.75) is 39.8 Å². The number of benzene rings is 1. The lowest BCUT2D eigenvalue weighted by molar-refractivity contribution is 0.540. The highest BCUT2D eigenvalue weighted by Crippen LogP contribution is 2.33. The molecule has 0 saturated heterocycles. The summed E-state index contributed by atoms with van der Waals surface area (Å²) >= 11 is 12.6. The second-order valence-electron chi connectivity index (χ2n) is 4.86. The Morgan fingerprint density at radius 3 is 2.62 bits per heavy atom. The molecule has 0 fully saturated rings. The van der Waals surface area contributed by atoms with Crippen molar-refractivity contribution >= 4 is 23.2 Å². The van der Waals surface area contributed by atoms with E-state index < -0.39 is 0 Å². The Bertz CT molecular complexity index is 608. The summed E-state index contributed by atoms with van der Waals surface area (Å²) in [6, 6.07) is 7.90. The zero-order valence-electron chi connectivity index (χ0n) is 12.7. The van der Waals surface area contributed by atoms with Gasteiger partial charge in [0, 0.05) is 6.54 Å². The van der Waals surface area contributed by atoms with E-state index in [1.165, 1.54) is 0 Å². The minimum Gasteiger partial charge on any atom is -0.305 e. The van der Waals surface area contributed by atoms with Gasteiger partial charge in [0.15, 0.2) is 0 Å². The molecule has 3 nitrogen and oxygen atoms in total. The number of nitrogens with zero attached hydrogens (tertiary/aromatic N) is 2. The van der Waals surface area contributed by atoms with E-state index in [0.717, 1.165) is 36.5 Å². The van der Waals surface area contributed by atoms with Crippen LogP contribution >= 0.6 is 23.2 Å². The highest BCUT2D eigenvalue weighted by molar-refractivity contribution is 6.42. The van der Waals surface area contributed by atoms with Gasteiger partial charge in [-0.3, -0.25) is 4.68 Å². The van der Waals surface area contributed by atoms with Crippen LogP contribution < -0.4 is 5.32 Å². The Labute approximate surface area is 136 Å². The molecule has 0 radical (unpaired) electrons. The van der Waals surface area contributed by atoms with Crippen molar-refractivity contribution in [3.63, 3.8) is 0 Å². The van der Waals surface area contributed by atoms with Gasteiger partial charge in [0.2, 0.25) is 0 Å². The number of hydrogen-bond donors (Lipinski definition) is 1. The molecule has 2 rings (SSSR count). The fraction of sp³-hybridized carbons (Fsp3) is 0.438. The van der Waals surface area contributed by atoms with Crippen LogP contribution in [0.4, 0.5) is 0 Å². The number of aromatic nitrogens is 2. The molecule has 1 aromatic heterocycles. The molecule has 0 aliphatic carbocycles. The predicted molar refractivity (Wildman–Crippen MR) is 89.3 cm³/mol. The van der Waals surface area contributed by atoms with E-state index in [9.17, 15) is 0 Å². The number of aryl methyl sites for hydroxylation is 2. The standard InChI is InChI=1S/C16H21Cl2N3/c1-4-11-10-14(21(6-3)20-11)16(19-5-2)12-8-7-9-13(17)15(12)18/h7-10,16,19H,4-6H2,1-3H3. The molecule has 0 aliphatic rings. The van der Waals surface area contributed by atoms with Crippen LogP contribution in [-0.2, 0) is 13.0 Å². The lowest BCUT2D eigenvalue weighted by atomic mass is 10.0. The molecule has 0 amide bonds. The van der Waals surface area contributed by atoms with Gasteiger partial charge in [-0.05, 0) is 37.6 Å². The Morgan fingerprint density at radius 1 is 1.24 bits per heavy atom. The second kappa shape index (κ2) is 7.30. The molecule has 1 N–H and O–H groups in total. The van der Waals surface area contributed by atoms with Gasteiger partial charge >= 0.3 is 0 Å². The van der Waals surface area contributed by atoms with E-state index >= 15 is 0 Å². The molecule has 5 heteroatoms. The van der Waals surface area contributed by atoms with Crippen LogP contribution in [0.15, 0.2) is 24.3 Å². The van der Waals surface area contributed by atoms with Gasteiger partial charge in [-0.25, -0.2) is 0 Å². The third-order valence-corrected chi connectivity index (χ3v) is 4.35. The first-order valence-electron chi connectivity index (χ1n) is 7.36. The topological polar surface area (TPSA) is 29.9 Å². The molecule has 0 aliphatic heterocycles. The second-order valence-corrected chi connectivity index (χ2v) is 5.65. The van der Waals surface area contributed by atoms with Gasteiger partial charge in [-0.2, -0.15) is 5.10 Å². The molecule has 1 unspecified atom stereocenters. The summed E-state index contributed by atoms with van der Waals surface area (Å²) in [6.07, 6.45) is 0.919. The molecule has 1 heterocycles. The average Bonchev–Trinajstić information content (AvgIpc) is 2.91. The van der Waals surface area contributed by atoms with Gasteiger partial charge < -0.3 is 5.32 Å². The molecule has 0 spiro atoms. The maximum atomic E-state index is 6.41. The Hall–Kier alpha value is -1.03. The molecule has 0 bridgehead atoms. The van der Waals surface area contributed by atoms with Crippen molar-refractivity contribution in [3.8, 4) is 0 Å². The summed E-state index contributed by atoms with van der Waals surface area (Å²) < 4.78 is 2.03. The maximum Gasteiger partial charge on any atom is 0.0763 e. The maximum absolute atomic E-state index is 6.41. The molecule has 1 atom stereocenters. The molecule has 0 saturated carbocycles. The summed E-state index contributed by atoms with van der Waals surface area (Å²) in [5.41, 5.74) is 3.21. The molecular formula is C16H21Cl2N3. The first-order valence-corrected chi connectivity index (χ1v) is 8.11. The fourth-order valence-corrected chi connectivity index (χ4v) is 2.88. The van der Waals surface area contributed by atoms with Crippen molar-refractivity contribution in [1.82, 2.24) is 15.1 Å². The molecule has 21 heavy (non-hydrogen) atoms. The van der Waals surface area contributed by atoms with Gasteiger partial charge in [-0.15, -0.1) is 0 Å². The van der Waals surface area contributed by atoms with Crippen LogP contribution in [0, 0.1) is 0 Å². The van der Waals surface area contributed by atoms with Crippen LogP contribution in [0.1, 0.15) is 43.8 Å². The van der Waals surface area contributed by atoms with E-state index in [1.807, 2.05) is 22.9 Å². The highest BCUT2D eigenvalue weighted by atomic mass is 35.5. The van der Waals surface area contributed by atoms with Crippen LogP contribution in [-0.4, -0.2) is 16.3 Å². The molecule has 114 valence electrons.